The number of amides is 1. The van der Waals surface area contributed by atoms with Gasteiger partial charge in [0.1, 0.15) is 5.82 Å². The van der Waals surface area contributed by atoms with Gasteiger partial charge in [-0.05, 0) is 45.0 Å². The zero-order chi connectivity index (χ0) is 19.5. The third-order valence-corrected chi connectivity index (χ3v) is 4.19. The number of carboxylic acid groups (broad SMARTS) is 1. The number of rotatable bonds is 6. The lowest BCUT2D eigenvalue weighted by Crippen LogP contribution is -2.31. The molecule has 8 nitrogen and oxygen atoms in total. The highest BCUT2D eigenvalue weighted by atomic mass is 19.1. The second-order valence-electron chi connectivity index (χ2n) is 6.22. The number of H-pyrrole nitrogens is 1. The highest BCUT2D eigenvalue weighted by Gasteiger charge is 2.11. The first-order valence-electron chi connectivity index (χ1n) is 8.88. The number of piperidine rings is 1. The van der Waals surface area contributed by atoms with Gasteiger partial charge < -0.3 is 15.3 Å². The molecule has 1 saturated heterocycles. The van der Waals surface area contributed by atoms with Crippen molar-refractivity contribution in [1.82, 2.24) is 20.1 Å². The van der Waals surface area contributed by atoms with E-state index >= 15 is 0 Å². The molecule has 3 rings (SSSR count). The smallest absolute Gasteiger partial charge is 0.290 e. The van der Waals surface area contributed by atoms with E-state index in [1.165, 1.54) is 25.3 Å². The van der Waals surface area contributed by atoms with Gasteiger partial charge in [-0.1, -0.05) is 6.42 Å². The molecule has 3 heterocycles. The van der Waals surface area contributed by atoms with Gasteiger partial charge in [0.05, 0.1) is 11.9 Å². The van der Waals surface area contributed by atoms with Crippen molar-refractivity contribution < 1.29 is 19.1 Å². The molecule has 2 aromatic heterocycles. The van der Waals surface area contributed by atoms with E-state index in [4.69, 9.17) is 9.90 Å². The third-order valence-electron chi connectivity index (χ3n) is 4.19. The second kappa shape index (κ2) is 11.0. The van der Waals surface area contributed by atoms with E-state index in [1.54, 1.807) is 12.3 Å². The molecule has 3 N–H and O–H groups in total. The third kappa shape index (κ3) is 7.14. The van der Waals surface area contributed by atoms with Gasteiger partial charge in [0.15, 0.2) is 5.82 Å². The summed E-state index contributed by atoms with van der Waals surface area (Å²) >= 11 is 0. The summed E-state index contributed by atoms with van der Waals surface area (Å²) in [5, 5.41) is 16.5. The lowest BCUT2D eigenvalue weighted by molar-refractivity contribution is -0.123. The Balaban J connectivity index is 0.000000817. The molecule has 2 aromatic rings. The van der Waals surface area contributed by atoms with Crippen LogP contribution in [0.25, 0.3) is 11.3 Å². The number of nitrogens with zero attached hydrogens (tertiary/aromatic N) is 3. The van der Waals surface area contributed by atoms with Crippen LogP contribution in [0.15, 0.2) is 24.5 Å². The summed E-state index contributed by atoms with van der Waals surface area (Å²) in [5.74, 6) is -0.0231. The largest absolute Gasteiger partial charge is 0.483 e. The second-order valence-corrected chi connectivity index (χ2v) is 6.22. The number of halogens is 1. The Morgan fingerprint density at radius 3 is 2.74 bits per heavy atom. The summed E-state index contributed by atoms with van der Waals surface area (Å²) in [5.41, 5.74) is 1.21. The first kappa shape index (κ1) is 20.5. The molecule has 1 amide bonds. The molecule has 1 fully saturated rings. The van der Waals surface area contributed by atoms with Gasteiger partial charge in [0.2, 0.25) is 5.91 Å². The number of aromatic nitrogens is 3. The Labute approximate surface area is 156 Å². The number of hydrogen-bond donors (Lipinski definition) is 3. The van der Waals surface area contributed by atoms with Gasteiger partial charge in [0, 0.05) is 24.2 Å². The summed E-state index contributed by atoms with van der Waals surface area (Å²) in [6, 6.07) is 3.05. The van der Waals surface area contributed by atoms with Crippen LogP contribution < -0.4 is 5.32 Å². The van der Waals surface area contributed by atoms with E-state index in [0.29, 0.717) is 23.5 Å². The Kier molecular flexibility index (Phi) is 8.37. The first-order valence-corrected chi connectivity index (χ1v) is 8.88. The van der Waals surface area contributed by atoms with Crippen molar-refractivity contribution in [3.05, 3.63) is 30.3 Å². The Morgan fingerprint density at radius 2 is 2.04 bits per heavy atom. The fourth-order valence-corrected chi connectivity index (χ4v) is 2.94. The molecule has 9 heteroatoms. The van der Waals surface area contributed by atoms with E-state index < -0.39 is 5.82 Å². The average molecular weight is 377 g/mol. The fourth-order valence-electron chi connectivity index (χ4n) is 2.94. The monoisotopic (exact) mass is 377 g/mol. The quantitative estimate of drug-likeness (QED) is 0.667. The highest BCUT2D eigenvalue weighted by molar-refractivity contribution is 5.90. The maximum absolute atomic E-state index is 13.2. The molecule has 0 aliphatic carbocycles. The van der Waals surface area contributed by atoms with Crippen molar-refractivity contribution in [3.63, 3.8) is 0 Å². The van der Waals surface area contributed by atoms with E-state index in [1.807, 2.05) is 0 Å². The van der Waals surface area contributed by atoms with Crippen molar-refractivity contribution in [2.45, 2.75) is 32.1 Å². The van der Waals surface area contributed by atoms with Gasteiger partial charge >= 0.3 is 0 Å². The fraction of sp³-hybridized carbons (Fsp3) is 0.444. The highest BCUT2D eigenvalue weighted by Crippen LogP contribution is 2.19. The first-order chi connectivity index (χ1) is 13.1. The van der Waals surface area contributed by atoms with Crippen molar-refractivity contribution in [3.8, 4) is 11.3 Å². The van der Waals surface area contributed by atoms with Gasteiger partial charge in [-0.3, -0.25) is 19.7 Å². The number of carbonyl (C=O) groups excluding carboxylic acids is 1. The summed E-state index contributed by atoms with van der Waals surface area (Å²) in [7, 11) is 0. The van der Waals surface area contributed by atoms with Gasteiger partial charge in [0.25, 0.3) is 6.47 Å². The van der Waals surface area contributed by atoms with Crippen LogP contribution in [-0.4, -0.2) is 57.2 Å². The molecule has 0 saturated carbocycles. The topological polar surface area (TPSA) is 111 Å². The summed E-state index contributed by atoms with van der Waals surface area (Å²) in [6.07, 6.45) is 7.84. The summed E-state index contributed by atoms with van der Waals surface area (Å²) in [6.45, 7) is 3.01. The number of anilines is 1. The number of carbonyl (C=O) groups is 2. The molecule has 0 unspecified atom stereocenters. The zero-order valence-corrected chi connectivity index (χ0v) is 15.0. The molecular formula is C18H24FN5O3. The van der Waals surface area contributed by atoms with Crippen LogP contribution in [0.4, 0.5) is 10.2 Å². The van der Waals surface area contributed by atoms with Crippen LogP contribution in [0.5, 0.6) is 0 Å². The molecule has 0 radical (unpaired) electrons. The molecule has 146 valence electrons. The molecule has 1 aliphatic heterocycles. The van der Waals surface area contributed by atoms with E-state index in [2.05, 4.69) is 25.4 Å². The van der Waals surface area contributed by atoms with Crippen LogP contribution in [0.3, 0.4) is 0 Å². The number of hydrogen-bond acceptors (Lipinski definition) is 5. The SMILES string of the molecule is O=C(CCCN1CCCCC1)Nc1cc(-c2cncc(F)c2)[nH]n1.O=CO. The number of pyridine rings is 1. The Morgan fingerprint density at radius 1 is 1.30 bits per heavy atom. The number of aromatic amines is 1. The van der Waals surface area contributed by atoms with Crippen molar-refractivity contribution in [2.75, 3.05) is 25.0 Å². The van der Waals surface area contributed by atoms with Crippen LogP contribution in [-0.2, 0) is 9.59 Å². The van der Waals surface area contributed by atoms with Gasteiger partial charge in [-0.25, -0.2) is 4.39 Å². The summed E-state index contributed by atoms with van der Waals surface area (Å²) in [4.78, 5) is 26.6. The molecule has 0 atom stereocenters. The maximum Gasteiger partial charge on any atom is 0.290 e. The standard InChI is InChI=1S/C17H22FN5O.CH2O2/c18-14-9-13(11-19-12-14)15-10-16(22-21-15)20-17(24)5-4-8-23-6-2-1-3-7-23;2-1-3/h9-12H,1-8H2,(H2,20,21,22,24);1H,(H,2,3). The van der Waals surface area contributed by atoms with Crippen LogP contribution in [0.1, 0.15) is 32.1 Å². The predicted molar refractivity (Wildman–Crippen MR) is 98.6 cm³/mol. The lowest BCUT2D eigenvalue weighted by atomic mass is 10.1. The van der Waals surface area contributed by atoms with Crippen LogP contribution in [0.2, 0.25) is 0 Å². The minimum Gasteiger partial charge on any atom is -0.483 e. The maximum atomic E-state index is 13.2. The van der Waals surface area contributed by atoms with E-state index in [0.717, 1.165) is 32.3 Å². The Hall–Kier alpha value is -2.81. The number of nitrogens with one attached hydrogen (secondary N) is 2. The van der Waals surface area contributed by atoms with Crippen molar-refractivity contribution in [1.29, 1.82) is 0 Å². The zero-order valence-electron chi connectivity index (χ0n) is 15.0. The molecule has 0 spiro atoms. The van der Waals surface area contributed by atoms with E-state index in [9.17, 15) is 9.18 Å². The molecule has 0 bridgehead atoms. The molecule has 0 aromatic carbocycles. The van der Waals surface area contributed by atoms with Crippen molar-refractivity contribution in [2.24, 2.45) is 0 Å². The molecular weight excluding hydrogens is 353 g/mol. The minimum atomic E-state index is -0.412. The molecule has 1 aliphatic rings. The minimum absolute atomic E-state index is 0.0533. The van der Waals surface area contributed by atoms with Crippen LogP contribution in [0, 0.1) is 5.82 Å². The van der Waals surface area contributed by atoms with Gasteiger partial charge in [-0.15, -0.1) is 0 Å². The normalized spacial score (nSPS) is 14.1. The van der Waals surface area contributed by atoms with E-state index in [-0.39, 0.29) is 12.4 Å². The summed E-state index contributed by atoms with van der Waals surface area (Å²) < 4.78 is 13.2. The predicted octanol–water partition coefficient (Wildman–Crippen LogP) is 2.52. The lowest BCUT2D eigenvalue weighted by Gasteiger charge is -2.26. The van der Waals surface area contributed by atoms with Gasteiger partial charge in [-0.2, -0.15) is 5.10 Å². The van der Waals surface area contributed by atoms with Crippen molar-refractivity contribution >= 4 is 18.2 Å². The van der Waals surface area contributed by atoms with Crippen LogP contribution >= 0.6 is 0 Å². The molecule has 27 heavy (non-hydrogen) atoms. The Bertz CT molecular complexity index is 731. The average Bonchev–Trinajstić information content (AvgIpc) is 3.12. The number of likely N-dealkylation sites (tertiary alicyclic amines) is 1.